The van der Waals surface area contributed by atoms with E-state index in [2.05, 4.69) is 37.7 Å². The summed E-state index contributed by atoms with van der Waals surface area (Å²) in [6.07, 6.45) is 5.96. The van der Waals surface area contributed by atoms with E-state index in [0.29, 0.717) is 25.1 Å². The zero-order valence-corrected chi connectivity index (χ0v) is 19.9. The lowest BCUT2D eigenvalue weighted by Gasteiger charge is -2.46. The van der Waals surface area contributed by atoms with Crippen LogP contribution < -0.4 is 0 Å². The Kier molecular flexibility index (Phi) is 8.31. The molecule has 4 rings (SSSR count). The molecule has 2 heterocycles. The lowest BCUT2D eigenvalue weighted by Crippen LogP contribution is -2.56. The van der Waals surface area contributed by atoms with Crippen molar-refractivity contribution in [2.45, 2.75) is 56.2 Å². The Morgan fingerprint density at radius 3 is 2.52 bits per heavy atom. The van der Waals surface area contributed by atoms with Gasteiger partial charge in [0, 0.05) is 35.8 Å². The van der Waals surface area contributed by atoms with Crippen LogP contribution >= 0.6 is 24.0 Å². The van der Waals surface area contributed by atoms with Crippen LogP contribution in [0.15, 0.2) is 24.3 Å². The minimum Gasteiger partial charge on any atom is -0.374 e. The molecular weight excluding hydrogens is 461 g/mol. The van der Waals surface area contributed by atoms with Gasteiger partial charge in [0.25, 0.3) is 0 Å². The average molecular weight is 490 g/mol. The van der Waals surface area contributed by atoms with Gasteiger partial charge in [-0.25, -0.2) is 13.5 Å². The highest BCUT2D eigenvalue weighted by atomic mass is 35.5. The number of benzene rings is 1. The minimum absolute atomic E-state index is 0. The van der Waals surface area contributed by atoms with E-state index in [4.69, 9.17) is 16.3 Å². The van der Waals surface area contributed by atoms with E-state index in [1.807, 2.05) is 12.1 Å². The third-order valence-corrected chi connectivity index (χ3v) is 7.42. The SMILES string of the molecule is CS(=O)(=O)C[C@H]1CN(C2CCC(c3nnn[nH]3)CC2)[C@@H](Cc2ccc(Cl)cc2)CO1.Cl. The molecule has 2 aromatic rings. The van der Waals surface area contributed by atoms with Gasteiger partial charge in [0.05, 0.1) is 18.5 Å². The number of aromatic nitrogens is 4. The first-order valence-corrected chi connectivity index (χ1v) is 12.8. The maximum absolute atomic E-state index is 11.8. The van der Waals surface area contributed by atoms with E-state index in [9.17, 15) is 8.42 Å². The van der Waals surface area contributed by atoms with Crippen molar-refractivity contribution >= 4 is 33.8 Å². The summed E-state index contributed by atoms with van der Waals surface area (Å²) in [5.74, 6) is 1.29. The summed E-state index contributed by atoms with van der Waals surface area (Å²) >= 11 is 6.03. The number of ether oxygens (including phenoxy) is 1. The van der Waals surface area contributed by atoms with Gasteiger partial charge in [0.1, 0.15) is 9.84 Å². The van der Waals surface area contributed by atoms with Crippen molar-refractivity contribution in [2.24, 2.45) is 0 Å². The van der Waals surface area contributed by atoms with Gasteiger partial charge in [0.15, 0.2) is 5.82 Å². The van der Waals surface area contributed by atoms with Gasteiger partial charge in [0.2, 0.25) is 0 Å². The lowest BCUT2D eigenvalue weighted by atomic mass is 9.83. The van der Waals surface area contributed by atoms with Crippen LogP contribution in [0.4, 0.5) is 0 Å². The van der Waals surface area contributed by atoms with Gasteiger partial charge in [-0.2, -0.15) is 0 Å². The smallest absolute Gasteiger partial charge is 0.151 e. The Balaban J connectivity index is 0.00000272. The molecular formula is C20H29Cl2N5O3S. The number of nitrogens with one attached hydrogen (secondary N) is 1. The van der Waals surface area contributed by atoms with Crippen molar-refractivity contribution in [3.8, 4) is 0 Å². The molecule has 31 heavy (non-hydrogen) atoms. The van der Waals surface area contributed by atoms with Gasteiger partial charge in [-0.3, -0.25) is 4.90 Å². The van der Waals surface area contributed by atoms with Crippen molar-refractivity contribution in [1.82, 2.24) is 25.5 Å². The number of aromatic amines is 1. The number of nitrogens with zero attached hydrogens (tertiary/aromatic N) is 4. The lowest BCUT2D eigenvalue weighted by molar-refractivity contribution is -0.0756. The van der Waals surface area contributed by atoms with Crippen LogP contribution in [-0.4, -0.2) is 77.3 Å². The fourth-order valence-electron chi connectivity index (χ4n) is 4.75. The first-order chi connectivity index (χ1) is 14.4. The molecule has 172 valence electrons. The summed E-state index contributed by atoms with van der Waals surface area (Å²) in [5.41, 5.74) is 1.21. The zero-order valence-electron chi connectivity index (χ0n) is 17.5. The standard InChI is InChI=1S/C20H28ClN5O3S.ClH/c1-30(27,28)13-19-11-26(17-8-4-15(5-9-17)20-22-24-25-23-20)18(12-29-19)10-14-2-6-16(21)7-3-14;/h2-3,6-7,15,17-19H,4-5,8-13H2,1H3,(H,22,23,24,25);1H/t15?,17?,18-,19+;/m0./s1. The molecule has 8 nitrogen and oxygen atoms in total. The molecule has 1 aliphatic heterocycles. The number of sulfone groups is 1. The molecule has 11 heteroatoms. The number of hydrogen-bond acceptors (Lipinski definition) is 7. The fourth-order valence-corrected chi connectivity index (χ4v) is 5.76. The summed E-state index contributed by atoms with van der Waals surface area (Å²) in [4.78, 5) is 2.49. The highest BCUT2D eigenvalue weighted by Crippen LogP contribution is 2.35. The minimum atomic E-state index is -3.09. The first kappa shape index (κ1) is 24.4. The average Bonchev–Trinajstić information content (AvgIpc) is 3.25. The maximum atomic E-state index is 11.8. The Morgan fingerprint density at radius 1 is 1.19 bits per heavy atom. The van der Waals surface area contributed by atoms with Crippen molar-refractivity contribution in [3.63, 3.8) is 0 Å². The third-order valence-electron chi connectivity index (χ3n) is 6.20. The second-order valence-electron chi connectivity index (χ2n) is 8.52. The Hall–Kier alpha value is -1.26. The van der Waals surface area contributed by atoms with Crippen molar-refractivity contribution in [2.75, 3.05) is 25.2 Å². The van der Waals surface area contributed by atoms with E-state index < -0.39 is 9.84 Å². The van der Waals surface area contributed by atoms with Gasteiger partial charge in [-0.15, -0.1) is 17.5 Å². The van der Waals surface area contributed by atoms with Crippen LogP contribution in [0.5, 0.6) is 0 Å². The van der Waals surface area contributed by atoms with E-state index in [1.165, 1.54) is 11.8 Å². The molecule has 2 atom stereocenters. The molecule has 1 saturated heterocycles. The first-order valence-electron chi connectivity index (χ1n) is 10.4. The number of rotatable bonds is 6. The molecule has 0 unspecified atom stereocenters. The van der Waals surface area contributed by atoms with Crippen LogP contribution in [0, 0.1) is 0 Å². The molecule has 1 saturated carbocycles. The van der Waals surface area contributed by atoms with Crippen molar-refractivity contribution in [3.05, 3.63) is 40.7 Å². The summed E-state index contributed by atoms with van der Waals surface area (Å²) < 4.78 is 29.6. The fraction of sp³-hybridized carbons (Fsp3) is 0.650. The largest absolute Gasteiger partial charge is 0.374 e. The number of H-pyrrole nitrogens is 1. The van der Waals surface area contributed by atoms with E-state index in [-0.39, 0.29) is 30.3 Å². The molecule has 0 radical (unpaired) electrons. The number of halogens is 2. The molecule has 1 aromatic heterocycles. The van der Waals surface area contributed by atoms with Gasteiger partial charge >= 0.3 is 0 Å². The van der Waals surface area contributed by atoms with Crippen molar-refractivity contribution < 1.29 is 13.2 Å². The monoisotopic (exact) mass is 489 g/mol. The maximum Gasteiger partial charge on any atom is 0.151 e. The highest BCUT2D eigenvalue weighted by molar-refractivity contribution is 7.90. The third kappa shape index (κ3) is 6.61. The second-order valence-corrected chi connectivity index (χ2v) is 11.1. The molecule has 1 aromatic carbocycles. The predicted octanol–water partition coefficient (Wildman–Crippen LogP) is 2.66. The zero-order chi connectivity index (χ0) is 21.1. The Labute approximate surface area is 194 Å². The van der Waals surface area contributed by atoms with Gasteiger partial charge in [-0.05, 0) is 60.2 Å². The molecule has 0 spiro atoms. The topological polar surface area (TPSA) is 101 Å². The Morgan fingerprint density at radius 2 is 1.90 bits per heavy atom. The van der Waals surface area contributed by atoms with Crippen molar-refractivity contribution in [1.29, 1.82) is 0 Å². The quantitative estimate of drug-likeness (QED) is 0.665. The molecule has 0 amide bonds. The van der Waals surface area contributed by atoms with Gasteiger partial charge in [-0.1, -0.05) is 23.7 Å². The number of tetrazole rings is 1. The van der Waals surface area contributed by atoms with Crippen LogP contribution in [0.1, 0.15) is 43.0 Å². The van der Waals surface area contributed by atoms with Gasteiger partial charge < -0.3 is 4.74 Å². The molecule has 0 bridgehead atoms. The summed E-state index contributed by atoms with van der Waals surface area (Å²) in [6.45, 7) is 1.18. The predicted molar refractivity (Wildman–Crippen MR) is 122 cm³/mol. The highest BCUT2D eigenvalue weighted by Gasteiger charge is 2.37. The molecule has 1 aliphatic carbocycles. The summed E-state index contributed by atoms with van der Waals surface area (Å²) in [5, 5.41) is 15.1. The molecule has 2 aliphatic rings. The van der Waals surface area contributed by atoms with Crippen LogP contribution in [-0.2, 0) is 21.0 Å². The number of morpholine rings is 1. The van der Waals surface area contributed by atoms with Crippen LogP contribution in [0.2, 0.25) is 5.02 Å². The number of hydrogen-bond donors (Lipinski definition) is 1. The van der Waals surface area contributed by atoms with E-state index in [0.717, 1.165) is 43.0 Å². The Bertz CT molecular complexity index is 919. The second kappa shape index (κ2) is 10.6. The normalized spacial score (nSPS) is 27.5. The summed E-state index contributed by atoms with van der Waals surface area (Å²) in [6, 6.07) is 8.55. The summed E-state index contributed by atoms with van der Waals surface area (Å²) in [7, 11) is -3.09. The molecule has 1 N–H and O–H groups in total. The van der Waals surface area contributed by atoms with E-state index >= 15 is 0 Å². The van der Waals surface area contributed by atoms with Crippen LogP contribution in [0.25, 0.3) is 0 Å². The van der Waals surface area contributed by atoms with Crippen LogP contribution in [0.3, 0.4) is 0 Å². The van der Waals surface area contributed by atoms with E-state index in [1.54, 1.807) is 0 Å². The molecule has 2 fully saturated rings.